The van der Waals surface area contributed by atoms with Crippen molar-refractivity contribution in [3.8, 4) is 17.2 Å². The summed E-state index contributed by atoms with van der Waals surface area (Å²) in [7, 11) is 3.18. The molecule has 1 heterocycles. The zero-order chi connectivity index (χ0) is 21.7. The van der Waals surface area contributed by atoms with Crippen LogP contribution in [0, 0.1) is 0 Å². The third-order valence-electron chi connectivity index (χ3n) is 4.86. The minimum atomic E-state index is -0.539. The smallest absolute Gasteiger partial charge is 0.338 e. The minimum Gasteiger partial charge on any atom is -0.493 e. The predicted octanol–water partition coefficient (Wildman–Crippen LogP) is 3.23. The van der Waals surface area contributed by atoms with Gasteiger partial charge in [0.25, 0.3) is 5.91 Å². The molecule has 0 radical (unpaired) electrons. The van der Waals surface area contributed by atoms with Crippen molar-refractivity contribution >= 4 is 11.9 Å². The summed E-state index contributed by atoms with van der Waals surface area (Å²) in [6.07, 6.45) is 0.753. The topological polar surface area (TPSA) is 74.3 Å². The molecular formula is C23H27NO6. The van der Waals surface area contributed by atoms with Crippen LogP contribution >= 0.6 is 0 Å². The zero-order valence-corrected chi connectivity index (χ0v) is 17.8. The van der Waals surface area contributed by atoms with Gasteiger partial charge in [0.05, 0.1) is 25.9 Å². The summed E-state index contributed by atoms with van der Waals surface area (Å²) in [5, 5.41) is 0. The number of nitrogens with zero attached hydrogens (tertiary/aromatic N) is 1. The molecule has 1 amide bonds. The molecule has 0 bridgehead atoms. The Morgan fingerprint density at radius 1 is 1.00 bits per heavy atom. The number of carbonyl (C=O) groups is 2. The fourth-order valence-electron chi connectivity index (χ4n) is 3.34. The summed E-state index contributed by atoms with van der Waals surface area (Å²) in [4.78, 5) is 26.5. The molecule has 1 aliphatic heterocycles. The van der Waals surface area contributed by atoms with Crippen LogP contribution in [0.4, 0.5) is 0 Å². The monoisotopic (exact) mass is 413 g/mol. The second-order valence-electron chi connectivity index (χ2n) is 7.31. The molecule has 0 unspecified atom stereocenters. The van der Waals surface area contributed by atoms with E-state index in [1.807, 2.05) is 26.0 Å². The van der Waals surface area contributed by atoms with E-state index in [-0.39, 0.29) is 18.6 Å². The molecule has 7 heteroatoms. The molecule has 0 saturated carbocycles. The van der Waals surface area contributed by atoms with Crippen LogP contribution in [0.3, 0.4) is 0 Å². The van der Waals surface area contributed by atoms with Gasteiger partial charge in [-0.05, 0) is 67.8 Å². The van der Waals surface area contributed by atoms with Crippen LogP contribution < -0.4 is 14.2 Å². The Kier molecular flexibility index (Phi) is 6.82. The summed E-state index contributed by atoms with van der Waals surface area (Å²) in [6.45, 7) is 4.55. The molecule has 2 aromatic carbocycles. The minimum absolute atomic E-state index is 0.0520. The van der Waals surface area contributed by atoms with Crippen LogP contribution in [0.5, 0.6) is 17.2 Å². The van der Waals surface area contributed by atoms with Crippen molar-refractivity contribution in [1.29, 1.82) is 0 Å². The highest BCUT2D eigenvalue weighted by Gasteiger charge is 2.24. The Balaban J connectivity index is 1.57. The lowest BCUT2D eigenvalue weighted by Gasteiger charge is -2.29. The molecule has 30 heavy (non-hydrogen) atoms. The lowest BCUT2D eigenvalue weighted by molar-refractivity contribution is -0.135. The molecule has 2 aromatic rings. The molecule has 0 N–H and O–H groups in total. The number of rotatable bonds is 7. The van der Waals surface area contributed by atoms with E-state index < -0.39 is 5.97 Å². The van der Waals surface area contributed by atoms with E-state index in [0.717, 1.165) is 11.1 Å². The summed E-state index contributed by atoms with van der Waals surface area (Å²) in [6, 6.07) is 10.5. The van der Waals surface area contributed by atoms with E-state index in [9.17, 15) is 9.59 Å². The van der Waals surface area contributed by atoms with Crippen LogP contribution in [-0.2, 0) is 22.5 Å². The Morgan fingerprint density at radius 3 is 2.23 bits per heavy atom. The number of methoxy groups -OCH3 is 2. The highest BCUT2D eigenvalue weighted by molar-refractivity contribution is 5.91. The third-order valence-corrected chi connectivity index (χ3v) is 4.86. The van der Waals surface area contributed by atoms with Gasteiger partial charge >= 0.3 is 5.97 Å². The maximum atomic E-state index is 12.6. The fourth-order valence-corrected chi connectivity index (χ4v) is 3.34. The summed E-state index contributed by atoms with van der Waals surface area (Å²) < 4.78 is 21.5. The maximum Gasteiger partial charge on any atom is 0.338 e. The van der Waals surface area contributed by atoms with Gasteiger partial charge in [-0.25, -0.2) is 4.79 Å². The predicted molar refractivity (Wildman–Crippen MR) is 111 cm³/mol. The molecule has 7 nitrogen and oxygen atoms in total. The van der Waals surface area contributed by atoms with Crippen LogP contribution in [0.25, 0.3) is 0 Å². The second kappa shape index (κ2) is 9.52. The van der Waals surface area contributed by atoms with E-state index in [4.69, 9.17) is 18.9 Å². The highest BCUT2D eigenvalue weighted by Crippen LogP contribution is 2.33. The van der Waals surface area contributed by atoms with Crippen molar-refractivity contribution < 1.29 is 28.5 Å². The number of fused-ring (bicyclic) bond motifs is 1. The van der Waals surface area contributed by atoms with Crippen molar-refractivity contribution in [2.24, 2.45) is 0 Å². The molecule has 0 aliphatic carbocycles. The number of benzene rings is 2. The lowest BCUT2D eigenvalue weighted by Crippen LogP contribution is -2.38. The van der Waals surface area contributed by atoms with Crippen molar-refractivity contribution in [1.82, 2.24) is 4.90 Å². The van der Waals surface area contributed by atoms with Crippen LogP contribution in [-0.4, -0.2) is 50.3 Å². The van der Waals surface area contributed by atoms with Crippen molar-refractivity contribution in [2.75, 3.05) is 27.4 Å². The average Bonchev–Trinajstić information content (AvgIpc) is 2.75. The summed E-state index contributed by atoms with van der Waals surface area (Å²) in [5.74, 6) is 1.21. The van der Waals surface area contributed by atoms with Gasteiger partial charge in [-0.2, -0.15) is 0 Å². The van der Waals surface area contributed by atoms with Crippen molar-refractivity contribution in [3.05, 3.63) is 53.1 Å². The number of hydrogen-bond acceptors (Lipinski definition) is 6. The van der Waals surface area contributed by atoms with E-state index >= 15 is 0 Å². The first kappa shape index (κ1) is 21.5. The van der Waals surface area contributed by atoms with Crippen molar-refractivity contribution in [3.63, 3.8) is 0 Å². The van der Waals surface area contributed by atoms with E-state index in [1.165, 1.54) is 0 Å². The van der Waals surface area contributed by atoms with Crippen LogP contribution in [0.2, 0.25) is 0 Å². The van der Waals surface area contributed by atoms with Gasteiger partial charge in [0, 0.05) is 13.1 Å². The van der Waals surface area contributed by atoms with E-state index in [1.54, 1.807) is 43.4 Å². The Hall–Kier alpha value is -3.22. The molecule has 3 rings (SSSR count). The summed E-state index contributed by atoms with van der Waals surface area (Å²) in [5.41, 5.74) is 2.50. The quantitative estimate of drug-likeness (QED) is 0.649. The van der Waals surface area contributed by atoms with Gasteiger partial charge in [-0.15, -0.1) is 0 Å². The first-order chi connectivity index (χ1) is 14.4. The molecule has 0 saturated heterocycles. The van der Waals surface area contributed by atoms with Gasteiger partial charge in [-0.3, -0.25) is 4.79 Å². The molecule has 0 spiro atoms. The molecule has 0 atom stereocenters. The maximum absolute atomic E-state index is 12.6. The second-order valence-corrected chi connectivity index (χ2v) is 7.31. The van der Waals surface area contributed by atoms with Gasteiger partial charge in [0.15, 0.2) is 18.1 Å². The van der Waals surface area contributed by atoms with Gasteiger partial charge < -0.3 is 23.8 Å². The molecule has 0 fully saturated rings. The number of esters is 1. The average molecular weight is 413 g/mol. The van der Waals surface area contributed by atoms with Crippen LogP contribution in [0.15, 0.2) is 36.4 Å². The van der Waals surface area contributed by atoms with Crippen LogP contribution in [0.1, 0.15) is 35.3 Å². The molecule has 0 aromatic heterocycles. The molecular weight excluding hydrogens is 386 g/mol. The summed E-state index contributed by atoms with van der Waals surface area (Å²) >= 11 is 0. The number of amides is 1. The highest BCUT2D eigenvalue weighted by atomic mass is 16.5. The lowest BCUT2D eigenvalue weighted by atomic mass is 9.99. The normalized spacial score (nSPS) is 12.9. The van der Waals surface area contributed by atoms with E-state index in [2.05, 4.69) is 0 Å². The number of ether oxygens (including phenoxy) is 4. The standard InChI is InChI=1S/C23H27NO6/c1-15(2)30-19-7-5-16(6-8-19)23(26)29-14-22(25)24-10-9-17-11-20(27-3)21(28-4)12-18(17)13-24/h5-8,11-12,15H,9-10,13-14H2,1-4H3. The van der Waals surface area contributed by atoms with Gasteiger partial charge in [-0.1, -0.05) is 0 Å². The van der Waals surface area contributed by atoms with E-state index in [0.29, 0.717) is 42.3 Å². The first-order valence-electron chi connectivity index (χ1n) is 9.86. The number of carbonyl (C=O) groups excluding carboxylic acids is 2. The molecule has 1 aliphatic rings. The zero-order valence-electron chi connectivity index (χ0n) is 17.8. The third kappa shape index (κ3) is 5.03. The Morgan fingerprint density at radius 2 is 1.63 bits per heavy atom. The Bertz CT molecular complexity index is 907. The first-order valence-corrected chi connectivity index (χ1v) is 9.86. The fraction of sp³-hybridized carbons (Fsp3) is 0.391. The largest absolute Gasteiger partial charge is 0.493 e. The molecule has 160 valence electrons. The van der Waals surface area contributed by atoms with Gasteiger partial charge in [0.1, 0.15) is 5.75 Å². The number of hydrogen-bond donors (Lipinski definition) is 0. The Labute approximate surface area is 176 Å². The van der Waals surface area contributed by atoms with Crippen molar-refractivity contribution in [2.45, 2.75) is 32.9 Å². The SMILES string of the molecule is COc1cc2c(cc1OC)CN(C(=O)COC(=O)c1ccc(OC(C)C)cc1)CC2. The van der Waals surface area contributed by atoms with Gasteiger partial charge in [0.2, 0.25) is 0 Å².